The minimum Gasteiger partial charge on any atom is -0.497 e. The number of ether oxygens (including phenoxy) is 1. The molecule has 0 bridgehead atoms. The highest BCUT2D eigenvalue weighted by atomic mass is 16.5. The first-order chi connectivity index (χ1) is 15.2. The fraction of sp³-hybridized carbons (Fsp3) is 0.400. The number of methoxy groups -OCH3 is 1. The van der Waals surface area contributed by atoms with Crippen molar-refractivity contribution in [3.05, 3.63) is 65.5 Å². The molecule has 0 aliphatic carbocycles. The van der Waals surface area contributed by atoms with Crippen molar-refractivity contribution in [2.45, 2.75) is 51.5 Å². The van der Waals surface area contributed by atoms with Gasteiger partial charge in [-0.2, -0.15) is 4.98 Å². The summed E-state index contributed by atoms with van der Waals surface area (Å²) in [6.45, 7) is 2.90. The van der Waals surface area contributed by atoms with Crippen molar-refractivity contribution in [2.24, 2.45) is 0 Å². The number of rotatable bonds is 8. The molecular formula is C25H29N3O3. The van der Waals surface area contributed by atoms with Crippen LogP contribution in [0.4, 0.5) is 0 Å². The minimum atomic E-state index is -0.184. The largest absolute Gasteiger partial charge is 0.497 e. The topological polar surface area (TPSA) is 68.5 Å². The number of benzene rings is 2. The Morgan fingerprint density at radius 3 is 2.61 bits per heavy atom. The lowest BCUT2D eigenvalue weighted by Crippen LogP contribution is -2.30. The smallest absolute Gasteiger partial charge is 0.254 e. The summed E-state index contributed by atoms with van der Waals surface area (Å²) in [5.41, 5.74) is 2.84. The van der Waals surface area contributed by atoms with E-state index in [1.54, 1.807) is 7.11 Å². The molecule has 1 aliphatic rings. The summed E-state index contributed by atoms with van der Waals surface area (Å²) < 4.78 is 10.8. The Hall–Kier alpha value is -3.15. The van der Waals surface area contributed by atoms with Gasteiger partial charge in [-0.3, -0.25) is 4.79 Å². The third-order valence-corrected chi connectivity index (χ3v) is 5.86. The molecule has 2 aromatic carbocycles. The molecule has 0 spiro atoms. The zero-order chi connectivity index (χ0) is 21.6. The number of carbonyl (C=O) groups excluding carboxylic acids is 1. The van der Waals surface area contributed by atoms with Crippen molar-refractivity contribution in [3.63, 3.8) is 0 Å². The van der Waals surface area contributed by atoms with Crippen LogP contribution in [0.15, 0.2) is 53.1 Å². The van der Waals surface area contributed by atoms with E-state index in [-0.39, 0.29) is 11.9 Å². The summed E-state index contributed by atoms with van der Waals surface area (Å²) in [7, 11) is 1.63. The summed E-state index contributed by atoms with van der Waals surface area (Å²) in [5, 5.41) is 4.14. The lowest BCUT2D eigenvalue weighted by molar-refractivity contribution is 0.0710. The van der Waals surface area contributed by atoms with E-state index in [4.69, 9.17) is 9.26 Å². The molecular weight excluding hydrogens is 390 g/mol. The maximum absolute atomic E-state index is 13.2. The normalized spacial score (nSPS) is 15.9. The SMILES string of the molecule is CCCCCc1ccc(C(=O)N2CCC[C@H]2c2nc(-c3ccc(OC)cc3)no2)cc1. The van der Waals surface area contributed by atoms with Crippen molar-refractivity contribution < 1.29 is 14.1 Å². The highest BCUT2D eigenvalue weighted by Crippen LogP contribution is 2.33. The molecule has 6 heteroatoms. The number of carbonyl (C=O) groups is 1. The number of hydrogen-bond donors (Lipinski definition) is 0. The van der Waals surface area contributed by atoms with Crippen molar-refractivity contribution in [2.75, 3.05) is 13.7 Å². The van der Waals surface area contributed by atoms with E-state index in [1.807, 2.05) is 41.3 Å². The second-order valence-electron chi connectivity index (χ2n) is 8.00. The molecule has 1 fully saturated rings. The van der Waals surface area contributed by atoms with Gasteiger partial charge < -0.3 is 14.2 Å². The Labute approximate surface area is 183 Å². The predicted molar refractivity (Wildman–Crippen MR) is 119 cm³/mol. The molecule has 0 N–H and O–H groups in total. The summed E-state index contributed by atoms with van der Waals surface area (Å²) >= 11 is 0. The highest BCUT2D eigenvalue weighted by Gasteiger charge is 2.34. The van der Waals surface area contributed by atoms with Gasteiger partial charge in [0.15, 0.2) is 0 Å². The number of aromatic nitrogens is 2. The van der Waals surface area contributed by atoms with Crippen LogP contribution in [0.3, 0.4) is 0 Å². The standard InChI is InChI=1S/C25H29N3O3/c1-3-4-5-7-18-9-11-20(12-10-18)25(29)28-17-6-8-22(28)24-26-23(27-31-24)19-13-15-21(30-2)16-14-19/h9-16,22H,3-8,17H2,1-2H3/t22-/m0/s1. The number of nitrogens with zero attached hydrogens (tertiary/aromatic N) is 3. The van der Waals surface area contributed by atoms with Crippen LogP contribution in [0.25, 0.3) is 11.4 Å². The van der Waals surface area contributed by atoms with Crippen LogP contribution in [-0.2, 0) is 6.42 Å². The summed E-state index contributed by atoms with van der Waals surface area (Å²) in [6, 6.07) is 15.4. The van der Waals surface area contributed by atoms with Crippen molar-refractivity contribution >= 4 is 5.91 Å². The third kappa shape index (κ3) is 4.79. The Morgan fingerprint density at radius 2 is 1.90 bits per heavy atom. The number of hydrogen-bond acceptors (Lipinski definition) is 5. The van der Waals surface area contributed by atoms with Gasteiger partial charge in [-0.25, -0.2) is 0 Å². The van der Waals surface area contributed by atoms with E-state index < -0.39 is 0 Å². The van der Waals surface area contributed by atoms with Crippen LogP contribution >= 0.6 is 0 Å². The lowest BCUT2D eigenvalue weighted by atomic mass is 10.0. The van der Waals surface area contributed by atoms with Gasteiger partial charge >= 0.3 is 0 Å². The van der Waals surface area contributed by atoms with E-state index in [0.29, 0.717) is 23.8 Å². The molecule has 6 nitrogen and oxygen atoms in total. The molecule has 1 saturated heterocycles. The van der Waals surface area contributed by atoms with Crippen LogP contribution in [0.1, 0.15) is 66.9 Å². The zero-order valence-corrected chi connectivity index (χ0v) is 18.2. The fourth-order valence-electron chi connectivity index (χ4n) is 4.05. The average molecular weight is 420 g/mol. The average Bonchev–Trinajstić information content (AvgIpc) is 3.49. The number of unbranched alkanes of at least 4 members (excludes halogenated alkanes) is 2. The van der Waals surface area contributed by atoms with Gasteiger partial charge in [0.05, 0.1) is 7.11 Å². The van der Waals surface area contributed by atoms with Crippen molar-refractivity contribution in [1.29, 1.82) is 0 Å². The van der Waals surface area contributed by atoms with Gasteiger partial charge in [0.2, 0.25) is 11.7 Å². The molecule has 0 radical (unpaired) electrons. The monoisotopic (exact) mass is 419 g/mol. The van der Waals surface area contributed by atoms with Gasteiger partial charge in [-0.15, -0.1) is 0 Å². The van der Waals surface area contributed by atoms with E-state index in [0.717, 1.165) is 30.6 Å². The quantitative estimate of drug-likeness (QED) is 0.454. The number of amides is 1. The van der Waals surface area contributed by atoms with Gasteiger partial charge in [0, 0.05) is 17.7 Å². The predicted octanol–water partition coefficient (Wildman–Crippen LogP) is 5.46. The van der Waals surface area contributed by atoms with Gasteiger partial charge in [-0.1, -0.05) is 37.1 Å². The minimum absolute atomic E-state index is 0.0202. The first kappa shape index (κ1) is 21.1. The van der Waals surface area contributed by atoms with E-state index in [1.165, 1.54) is 24.8 Å². The molecule has 1 atom stereocenters. The van der Waals surface area contributed by atoms with Crippen LogP contribution < -0.4 is 4.74 Å². The van der Waals surface area contributed by atoms with Crippen LogP contribution in [0.2, 0.25) is 0 Å². The Morgan fingerprint density at radius 1 is 1.13 bits per heavy atom. The molecule has 0 unspecified atom stereocenters. The van der Waals surface area contributed by atoms with Crippen LogP contribution in [0, 0.1) is 0 Å². The fourth-order valence-corrected chi connectivity index (χ4v) is 4.05. The molecule has 1 aliphatic heterocycles. The molecule has 0 saturated carbocycles. The Bertz CT molecular complexity index is 996. The Balaban J connectivity index is 1.46. The van der Waals surface area contributed by atoms with Crippen LogP contribution in [0.5, 0.6) is 5.75 Å². The molecule has 4 rings (SSSR count). The first-order valence-corrected chi connectivity index (χ1v) is 11.1. The summed E-state index contributed by atoms with van der Waals surface area (Å²) in [5.74, 6) is 1.81. The zero-order valence-electron chi connectivity index (χ0n) is 18.2. The van der Waals surface area contributed by atoms with E-state index in [9.17, 15) is 4.79 Å². The molecule has 1 aromatic heterocycles. The second kappa shape index (κ2) is 9.77. The maximum Gasteiger partial charge on any atom is 0.254 e. The molecule has 1 amide bonds. The number of likely N-dealkylation sites (tertiary alicyclic amines) is 1. The van der Waals surface area contributed by atoms with Gasteiger partial charge in [0.25, 0.3) is 5.91 Å². The summed E-state index contributed by atoms with van der Waals surface area (Å²) in [4.78, 5) is 19.6. The van der Waals surface area contributed by atoms with Gasteiger partial charge in [0.1, 0.15) is 11.8 Å². The molecule has 162 valence electrons. The van der Waals surface area contributed by atoms with Crippen molar-refractivity contribution in [3.8, 4) is 17.1 Å². The third-order valence-electron chi connectivity index (χ3n) is 5.86. The highest BCUT2D eigenvalue weighted by molar-refractivity contribution is 5.94. The second-order valence-corrected chi connectivity index (χ2v) is 8.00. The molecule has 31 heavy (non-hydrogen) atoms. The van der Waals surface area contributed by atoms with E-state index in [2.05, 4.69) is 29.2 Å². The summed E-state index contributed by atoms with van der Waals surface area (Å²) in [6.07, 6.45) is 6.44. The Kier molecular flexibility index (Phi) is 6.65. The molecule has 2 heterocycles. The van der Waals surface area contributed by atoms with Crippen LogP contribution in [-0.4, -0.2) is 34.6 Å². The first-order valence-electron chi connectivity index (χ1n) is 11.1. The molecule has 3 aromatic rings. The van der Waals surface area contributed by atoms with Gasteiger partial charge in [-0.05, 0) is 67.6 Å². The van der Waals surface area contributed by atoms with Crippen molar-refractivity contribution in [1.82, 2.24) is 15.0 Å². The van der Waals surface area contributed by atoms with E-state index >= 15 is 0 Å². The maximum atomic E-state index is 13.2. The number of aryl methyl sites for hydroxylation is 1. The lowest BCUT2D eigenvalue weighted by Gasteiger charge is -2.22.